The van der Waals surface area contributed by atoms with E-state index in [1.54, 1.807) is 6.07 Å². The fraction of sp³-hybridized carbons (Fsp3) is 0.583. The van der Waals surface area contributed by atoms with Gasteiger partial charge in [0, 0.05) is 6.54 Å². The van der Waals surface area contributed by atoms with Crippen LogP contribution in [0.4, 0.5) is 0 Å². The summed E-state index contributed by atoms with van der Waals surface area (Å²) in [5.41, 5.74) is 2.37. The predicted octanol–water partition coefficient (Wildman–Crippen LogP) is 3.11. The van der Waals surface area contributed by atoms with E-state index in [2.05, 4.69) is 34.8 Å². The third-order valence-electron chi connectivity index (χ3n) is 7.11. The molecule has 3 unspecified atom stereocenters. The first kappa shape index (κ1) is 21.2. The molecule has 1 aromatic carbocycles. The van der Waals surface area contributed by atoms with Gasteiger partial charge in [-0.3, -0.25) is 9.69 Å². The molecule has 0 aliphatic heterocycles. The van der Waals surface area contributed by atoms with Crippen molar-refractivity contribution >= 4 is 10.9 Å². The summed E-state index contributed by atoms with van der Waals surface area (Å²) < 4.78 is 5.88. The number of aromatic nitrogens is 2. The SMILES string of the molecule is CCN(Cc1nc2ccccc2c(=O)[nH]1)CC(O)COCC1=CCC2CC1C2(C)C. The standard InChI is InChI=1S/C24H33N3O3/c1-4-27(13-22-25-21-8-6-5-7-19(21)23(29)26-22)12-18(28)15-30-14-16-9-10-17-11-20(16)24(17,2)3/h5-9,17-18,20,28H,4,10-15H2,1-3H3,(H,25,26,29). The maximum Gasteiger partial charge on any atom is 0.258 e. The molecule has 0 spiro atoms. The Bertz CT molecular complexity index is 981. The normalized spacial score (nSPS) is 23.3. The largest absolute Gasteiger partial charge is 0.389 e. The first-order valence-electron chi connectivity index (χ1n) is 11.0. The van der Waals surface area contributed by atoms with Gasteiger partial charge in [-0.25, -0.2) is 4.98 Å². The van der Waals surface area contributed by atoms with Gasteiger partial charge >= 0.3 is 0 Å². The van der Waals surface area contributed by atoms with Crippen molar-refractivity contribution in [1.29, 1.82) is 0 Å². The quantitative estimate of drug-likeness (QED) is 0.620. The summed E-state index contributed by atoms with van der Waals surface area (Å²) in [6.45, 7) is 9.39. The minimum absolute atomic E-state index is 0.127. The maximum absolute atomic E-state index is 12.3. The molecular formula is C24H33N3O3. The lowest BCUT2D eigenvalue weighted by atomic mass is 9.49. The molecule has 162 valence electrons. The molecular weight excluding hydrogens is 378 g/mol. The van der Waals surface area contributed by atoms with E-state index in [1.165, 1.54) is 12.0 Å². The molecule has 0 saturated heterocycles. The molecule has 2 N–H and O–H groups in total. The summed E-state index contributed by atoms with van der Waals surface area (Å²) in [6, 6.07) is 7.33. The molecule has 0 amide bonds. The van der Waals surface area contributed by atoms with Crippen LogP contribution in [0.15, 0.2) is 40.7 Å². The van der Waals surface area contributed by atoms with Crippen LogP contribution in [-0.4, -0.2) is 52.4 Å². The van der Waals surface area contributed by atoms with E-state index in [-0.39, 0.29) is 5.56 Å². The molecule has 5 rings (SSSR count). The van der Waals surface area contributed by atoms with E-state index in [0.29, 0.717) is 54.4 Å². The third kappa shape index (κ3) is 4.22. The number of allylic oxidation sites excluding steroid dienone is 1. The van der Waals surface area contributed by atoms with E-state index in [4.69, 9.17) is 4.74 Å². The van der Waals surface area contributed by atoms with E-state index >= 15 is 0 Å². The monoisotopic (exact) mass is 411 g/mol. The van der Waals surface area contributed by atoms with E-state index in [9.17, 15) is 9.90 Å². The summed E-state index contributed by atoms with van der Waals surface area (Å²) in [5, 5.41) is 11.1. The van der Waals surface area contributed by atoms with Gasteiger partial charge in [0.05, 0.1) is 36.8 Å². The molecule has 2 aromatic rings. The van der Waals surface area contributed by atoms with Gasteiger partial charge in [0.25, 0.3) is 5.56 Å². The molecule has 1 saturated carbocycles. The second-order valence-electron chi connectivity index (χ2n) is 9.35. The van der Waals surface area contributed by atoms with E-state index in [1.807, 2.05) is 25.1 Å². The number of hydrogen-bond donors (Lipinski definition) is 2. The number of aromatic amines is 1. The highest BCUT2D eigenvalue weighted by Gasteiger charge is 2.50. The molecule has 1 fully saturated rings. The Morgan fingerprint density at radius 3 is 2.90 bits per heavy atom. The highest BCUT2D eigenvalue weighted by Crippen LogP contribution is 2.59. The fourth-order valence-corrected chi connectivity index (χ4v) is 5.03. The Morgan fingerprint density at radius 1 is 1.37 bits per heavy atom. The minimum atomic E-state index is -0.580. The van der Waals surface area contributed by atoms with Gasteiger partial charge in [-0.15, -0.1) is 0 Å². The van der Waals surface area contributed by atoms with Gasteiger partial charge in [0.2, 0.25) is 0 Å². The van der Waals surface area contributed by atoms with Crippen LogP contribution in [0, 0.1) is 17.3 Å². The van der Waals surface area contributed by atoms with Crippen molar-refractivity contribution in [3.63, 3.8) is 0 Å². The molecule has 3 aliphatic carbocycles. The number of para-hydroxylation sites is 1. The van der Waals surface area contributed by atoms with Crippen molar-refractivity contribution < 1.29 is 9.84 Å². The zero-order valence-electron chi connectivity index (χ0n) is 18.2. The molecule has 30 heavy (non-hydrogen) atoms. The number of benzene rings is 1. The Morgan fingerprint density at radius 2 is 2.17 bits per heavy atom. The number of hydrogen-bond acceptors (Lipinski definition) is 5. The summed E-state index contributed by atoms with van der Waals surface area (Å²) in [4.78, 5) is 21.8. The molecule has 3 atom stereocenters. The molecule has 6 nitrogen and oxygen atoms in total. The van der Waals surface area contributed by atoms with E-state index < -0.39 is 6.10 Å². The van der Waals surface area contributed by atoms with Crippen LogP contribution < -0.4 is 5.56 Å². The van der Waals surface area contributed by atoms with Crippen molar-refractivity contribution in [1.82, 2.24) is 14.9 Å². The summed E-state index contributed by atoms with van der Waals surface area (Å²) in [6.07, 6.45) is 4.20. The van der Waals surface area contributed by atoms with Crippen molar-refractivity contribution in [2.24, 2.45) is 17.3 Å². The molecule has 1 aromatic heterocycles. The number of ether oxygens (including phenoxy) is 1. The first-order valence-corrected chi connectivity index (χ1v) is 11.0. The number of H-pyrrole nitrogens is 1. The lowest BCUT2D eigenvalue weighted by Crippen LogP contribution is -2.48. The number of fused-ring (bicyclic) bond motifs is 2. The van der Waals surface area contributed by atoms with Gasteiger partial charge in [-0.2, -0.15) is 0 Å². The van der Waals surface area contributed by atoms with Crippen LogP contribution in [0.25, 0.3) is 10.9 Å². The summed E-state index contributed by atoms with van der Waals surface area (Å²) >= 11 is 0. The first-order chi connectivity index (χ1) is 14.4. The lowest BCUT2D eigenvalue weighted by molar-refractivity contribution is -0.0263. The molecule has 6 heteroatoms. The zero-order valence-corrected chi connectivity index (χ0v) is 18.2. The Kier molecular flexibility index (Phi) is 6.09. The highest BCUT2D eigenvalue weighted by molar-refractivity contribution is 5.77. The van der Waals surface area contributed by atoms with E-state index in [0.717, 1.165) is 18.9 Å². The topological polar surface area (TPSA) is 78.5 Å². The molecule has 2 bridgehead atoms. The fourth-order valence-electron chi connectivity index (χ4n) is 5.03. The summed E-state index contributed by atoms with van der Waals surface area (Å²) in [5.74, 6) is 2.07. The van der Waals surface area contributed by atoms with Crippen LogP contribution in [0.1, 0.15) is 39.4 Å². The predicted molar refractivity (Wildman–Crippen MR) is 118 cm³/mol. The van der Waals surface area contributed by atoms with Gasteiger partial charge in [0.15, 0.2) is 0 Å². The maximum atomic E-state index is 12.3. The van der Waals surface area contributed by atoms with Crippen molar-refractivity contribution in [3.05, 3.63) is 52.1 Å². The average Bonchev–Trinajstić information content (AvgIpc) is 2.73. The number of aliphatic hydroxyl groups is 1. The van der Waals surface area contributed by atoms with Crippen LogP contribution in [0.3, 0.4) is 0 Å². The smallest absolute Gasteiger partial charge is 0.258 e. The second-order valence-corrected chi connectivity index (χ2v) is 9.35. The Balaban J connectivity index is 1.28. The van der Waals surface area contributed by atoms with Gasteiger partial charge in [-0.05, 0) is 54.3 Å². The molecule has 3 aliphatic rings. The Hall–Kier alpha value is -2.02. The zero-order chi connectivity index (χ0) is 21.3. The minimum Gasteiger partial charge on any atom is -0.389 e. The van der Waals surface area contributed by atoms with Crippen LogP contribution in [0.2, 0.25) is 0 Å². The van der Waals surface area contributed by atoms with Crippen molar-refractivity contribution in [3.8, 4) is 0 Å². The number of likely N-dealkylation sites (N-methyl/N-ethyl adjacent to an activating group) is 1. The number of aliphatic hydroxyl groups excluding tert-OH is 1. The molecule has 0 radical (unpaired) electrons. The number of nitrogens with one attached hydrogen (secondary N) is 1. The summed E-state index contributed by atoms with van der Waals surface area (Å²) in [7, 11) is 0. The number of nitrogens with zero attached hydrogens (tertiary/aromatic N) is 2. The average molecular weight is 412 g/mol. The van der Waals surface area contributed by atoms with Gasteiger partial charge in [0.1, 0.15) is 5.82 Å². The van der Waals surface area contributed by atoms with Gasteiger partial charge in [-0.1, -0.05) is 39.0 Å². The lowest BCUT2D eigenvalue weighted by Gasteiger charge is -2.56. The molecule has 1 heterocycles. The van der Waals surface area contributed by atoms with Crippen LogP contribution >= 0.6 is 0 Å². The third-order valence-corrected chi connectivity index (χ3v) is 7.11. The Labute approximate surface area is 178 Å². The van der Waals surface area contributed by atoms with Crippen LogP contribution in [0.5, 0.6) is 0 Å². The highest BCUT2D eigenvalue weighted by atomic mass is 16.5. The second kappa shape index (κ2) is 8.61. The number of rotatable bonds is 9. The van der Waals surface area contributed by atoms with Crippen molar-refractivity contribution in [2.45, 2.75) is 46.3 Å². The van der Waals surface area contributed by atoms with Crippen LogP contribution in [-0.2, 0) is 11.3 Å². The van der Waals surface area contributed by atoms with Gasteiger partial charge < -0.3 is 14.8 Å². The van der Waals surface area contributed by atoms with Crippen molar-refractivity contribution in [2.75, 3.05) is 26.3 Å².